The first-order valence-corrected chi connectivity index (χ1v) is 11.2. The first-order chi connectivity index (χ1) is 15.3. The molecule has 6 nitrogen and oxygen atoms in total. The second kappa shape index (κ2) is 10.4. The van der Waals surface area contributed by atoms with Crippen LogP contribution in [0.15, 0.2) is 48.5 Å². The fourth-order valence-corrected chi connectivity index (χ4v) is 4.31. The summed E-state index contributed by atoms with van der Waals surface area (Å²) < 4.78 is 5.51. The predicted octanol–water partition coefficient (Wildman–Crippen LogP) is 4.27. The fraction of sp³-hybridized carbons (Fsp3) is 0.423. The molecule has 32 heavy (non-hydrogen) atoms. The molecule has 2 aromatic carbocycles. The highest BCUT2D eigenvalue weighted by molar-refractivity contribution is 5.87. The van der Waals surface area contributed by atoms with Crippen molar-refractivity contribution in [2.75, 3.05) is 13.2 Å². The number of hydrogen-bond donors (Lipinski definition) is 2. The molecule has 2 amide bonds. The molecular formula is C26H32N2O4. The highest BCUT2D eigenvalue weighted by Gasteiger charge is 2.29. The molecule has 0 spiro atoms. The van der Waals surface area contributed by atoms with E-state index in [9.17, 15) is 14.4 Å². The number of amides is 2. The van der Waals surface area contributed by atoms with Crippen LogP contribution in [0.3, 0.4) is 0 Å². The summed E-state index contributed by atoms with van der Waals surface area (Å²) in [5.41, 5.74) is 10.1. The van der Waals surface area contributed by atoms with Gasteiger partial charge in [-0.05, 0) is 34.6 Å². The van der Waals surface area contributed by atoms with Crippen molar-refractivity contribution in [1.82, 2.24) is 5.32 Å². The molecule has 2 aromatic rings. The summed E-state index contributed by atoms with van der Waals surface area (Å²) in [6.45, 7) is 6.09. The summed E-state index contributed by atoms with van der Waals surface area (Å²) in [6.07, 6.45) is 0.120. The number of ketones is 1. The Hall–Kier alpha value is -3.15. The summed E-state index contributed by atoms with van der Waals surface area (Å²) in [6, 6.07) is 16.3. The van der Waals surface area contributed by atoms with E-state index >= 15 is 0 Å². The van der Waals surface area contributed by atoms with E-state index in [0.29, 0.717) is 6.42 Å². The number of rotatable bonds is 10. The third-order valence-electron chi connectivity index (χ3n) is 6.05. The van der Waals surface area contributed by atoms with Crippen LogP contribution in [0, 0.1) is 17.8 Å². The van der Waals surface area contributed by atoms with Crippen LogP contribution in [0.25, 0.3) is 11.1 Å². The Kier molecular flexibility index (Phi) is 7.67. The topological polar surface area (TPSA) is 98.5 Å². The van der Waals surface area contributed by atoms with Crippen LogP contribution in [0.5, 0.6) is 0 Å². The lowest BCUT2D eigenvalue weighted by Gasteiger charge is -2.18. The van der Waals surface area contributed by atoms with Crippen molar-refractivity contribution in [3.8, 4) is 11.1 Å². The molecule has 3 N–H and O–H groups in total. The SMILES string of the molecule is CC(C)C[C@H](CC(=O)[C@@H](C)CNC(=O)OCC1c2ccccc2-c2ccccc21)C(N)=O. The number of carbonyl (C=O) groups is 3. The number of nitrogens with one attached hydrogen (secondary N) is 1. The summed E-state index contributed by atoms with van der Waals surface area (Å²) in [5.74, 6) is -1.19. The third-order valence-corrected chi connectivity index (χ3v) is 6.05. The van der Waals surface area contributed by atoms with Crippen molar-refractivity contribution in [2.24, 2.45) is 23.5 Å². The standard InChI is InChI=1S/C26H32N2O4/c1-16(2)12-18(25(27)30)13-24(29)17(3)14-28-26(31)32-15-23-21-10-6-4-8-19(21)20-9-5-7-11-22(20)23/h4-11,16-18,23H,12-15H2,1-3H3,(H2,27,30)(H,28,31)/t17-,18+/m0/s1. The molecule has 0 aromatic heterocycles. The van der Waals surface area contributed by atoms with Gasteiger partial charge in [-0.1, -0.05) is 69.3 Å². The minimum atomic E-state index is -0.555. The third kappa shape index (κ3) is 5.55. The predicted molar refractivity (Wildman–Crippen MR) is 124 cm³/mol. The number of primary amides is 1. The quantitative estimate of drug-likeness (QED) is 0.581. The molecular weight excluding hydrogens is 404 g/mol. The molecule has 2 atom stereocenters. The zero-order chi connectivity index (χ0) is 23.3. The second-order valence-electron chi connectivity index (χ2n) is 9.01. The van der Waals surface area contributed by atoms with Gasteiger partial charge in [-0.3, -0.25) is 9.59 Å². The summed E-state index contributed by atoms with van der Waals surface area (Å²) in [4.78, 5) is 36.4. The van der Waals surface area contributed by atoms with E-state index in [2.05, 4.69) is 29.6 Å². The number of hydrogen-bond acceptors (Lipinski definition) is 4. The van der Waals surface area contributed by atoms with Gasteiger partial charge in [0.05, 0.1) is 0 Å². The molecule has 0 saturated heterocycles. The number of Topliss-reactive ketones (excluding diaryl/α,β-unsaturated/α-hetero) is 1. The van der Waals surface area contributed by atoms with Gasteiger partial charge < -0.3 is 15.8 Å². The molecule has 0 fully saturated rings. The van der Waals surface area contributed by atoms with E-state index in [1.165, 1.54) is 11.1 Å². The van der Waals surface area contributed by atoms with Crippen LogP contribution in [0.2, 0.25) is 0 Å². The highest BCUT2D eigenvalue weighted by Crippen LogP contribution is 2.44. The van der Waals surface area contributed by atoms with Gasteiger partial charge >= 0.3 is 6.09 Å². The Labute approximate surface area is 189 Å². The minimum absolute atomic E-state index is 0.0143. The number of ether oxygens (including phenoxy) is 1. The van der Waals surface area contributed by atoms with Crippen molar-refractivity contribution >= 4 is 17.8 Å². The van der Waals surface area contributed by atoms with Crippen molar-refractivity contribution < 1.29 is 19.1 Å². The van der Waals surface area contributed by atoms with E-state index in [0.717, 1.165) is 11.1 Å². The lowest BCUT2D eigenvalue weighted by molar-refractivity contribution is -0.129. The Morgan fingerprint density at radius 3 is 2.06 bits per heavy atom. The Bertz CT molecular complexity index is 940. The van der Waals surface area contributed by atoms with Gasteiger partial charge in [-0.25, -0.2) is 4.79 Å². The van der Waals surface area contributed by atoms with Gasteiger partial charge in [0.15, 0.2) is 0 Å². The van der Waals surface area contributed by atoms with Crippen LogP contribution in [-0.4, -0.2) is 30.9 Å². The lowest BCUT2D eigenvalue weighted by Crippen LogP contribution is -2.35. The molecule has 0 radical (unpaired) electrons. The van der Waals surface area contributed by atoms with Crippen molar-refractivity contribution in [3.63, 3.8) is 0 Å². The van der Waals surface area contributed by atoms with E-state index in [1.54, 1.807) is 6.92 Å². The molecule has 1 aliphatic carbocycles. The number of nitrogens with two attached hydrogens (primary N) is 1. The van der Waals surface area contributed by atoms with E-state index < -0.39 is 23.8 Å². The van der Waals surface area contributed by atoms with Crippen LogP contribution in [0.1, 0.15) is 50.7 Å². The first kappa shape index (κ1) is 23.5. The maximum absolute atomic E-state index is 12.5. The van der Waals surface area contributed by atoms with Gasteiger partial charge in [-0.15, -0.1) is 0 Å². The average Bonchev–Trinajstić information content (AvgIpc) is 3.09. The molecule has 6 heteroatoms. The number of carbonyl (C=O) groups excluding carboxylic acids is 3. The lowest BCUT2D eigenvalue weighted by atomic mass is 9.88. The normalized spacial score (nSPS) is 14.4. The molecule has 0 heterocycles. The number of benzene rings is 2. The van der Waals surface area contributed by atoms with Gasteiger partial charge in [0.2, 0.25) is 5.91 Å². The molecule has 0 bridgehead atoms. The van der Waals surface area contributed by atoms with Gasteiger partial charge in [-0.2, -0.15) is 0 Å². The van der Waals surface area contributed by atoms with Gasteiger partial charge in [0, 0.05) is 30.7 Å². The maximum Gasteiger partial charge on any atom is 0.407 e. The van der Waals surface area contributed by atoms with Crippen LogP contribution >= 0.6 is 0 Å². The Balaban J connectivity index is 1.51. The zero-order valence-electron chi connectivity index (χ0n) is 19.0. The molecule has 170 valence electrons. The molecule has 0 saturated carbocycles. The van der Waals surface area contributed by atoms with E-state index in [1.807, 2.05) is 38.1 Å². The van der Waals surface area contributed by atoms with Crippen molar-refractivity contribution in [3.05, 3.63) is 59.7 Å². The number of alkyl carbamates (subject to hydrolysis) is 1. The van der Waals surface area contributed by atoms with Gasteiger partial charge in [0.1, 0.15) is 12.4 Å². The monoisotopic (exact) mass is 436 g/mol. The summed E-state index contributed by atoms with van der Waals surface area (Å²) in [7, 11) is 0. The summed E-state index contributed by atoms with van der Waals surface area (Å²) >= 11 is 0. The summed E-state index contributed by atoms with van der Waals surface area (Å²) in [5, 5.41) is 2.68. The minimum Gasteiger partial charge on any atom is -0.449 e. The fourth-order valence-electron chi connectivity index (χ4n) is 4.31. The first-order valence-electron chi connectivity index (χ1n) is 11.2. The van der Waals surface area contributed by atoms with Gasteiger partial charge in [0.25, 0.3) is 0 Å². The maximum atomic E-state index is 12.5. The van der Waals surface area contributed by atoms with E-state index in [-0.39, 0.29) is 37.2 Å². The highest BCUT2D eigenvalue weighted by atomic mass is 16.5. The average molecular weight is 437 g/mol. The molecule has 3 rings (SSSR count). The largest absolute Gasteiger partial charge is 0.449 e. The van der Waals surface area contributed by atoms with Crippen LogP contribution in [0.4, 0.5) is 4.79 Å². The van der Waals surface area contributed by atoms with Crippen molar-refractivity contribution in [1.29, 1.82) is 0 Å². The van der Waals surface area contributed by atoms with Crippen molar-refractivity contribution in [2.45, 2.75) is 39.5 Å². The smallest absolute Gasteiger partial charge is 0.407 e. The Morgan fingerprint density at radius 2 is 1.53 bits per heavy atom. The van der Waals surface area contributed by atoms with E-state index in [4.69, 9.17) is 10.5 Å². The molecule has 0 unspecified atom stereocenters. The van der Waals surface area contributed by atoms with Crippen LogP contribution in [-0.2, 0) is 14.3 Å². The molecule has 1 aliphatic rings. The Morgan fingerprint density at radius 1 is 0.969 bits per heavy atom. The zero-order valence-corrected chi connectivity index (χ0v) is 19.0. The second-order valence-corrected chi connectivity index (χ2v) is 9.01. The molecule has 0 aliphatic heterocycles. The number of fused-ring (bicyclic) bond motifs is 3. The van der Waals surface area contributed by atoms with Crippen LogP contribution < -0.4 is 11.1 Å².